The lowest BCUT2D eigenvalue weighted by Gasteiger charge is -2.25. The molecule has 0 bridgehead atoms. The maximum Gasteiger partial charge on any atom is 0.255 e. The van der Waals surface area contributed by atoms with Gasteiger partial charge in [-0.05, 0) is 23.3 Å². The van der Waals surface area contributed by atoms with Crippen molar-refractivity contribution in [2.24, 2.45) is 7.05 Å². The van der Waals surface area contributed by atoms with E-state index in [0.29, 0.717) is 18.4 Å². The molecule has 1 aliphatic rings. The second-order valence-corrected chi connectivity index (χ2v) is 7.73. The molecule has 0 radical (unpaired) electrons. The highest BCUT2D eigenvalue weighted by molar-refractivity contribution is 9.10. The minimum atomic E-state index is -0.619. The molecule has 0 fully saturated rings. The van der Waals surface area contributed by atoms with E-state index in [0.717, 1.165) is 27.0 Å². The molecule has 142 valence electrons. The SMILES string of the molecule is Cn1ncc(C(=O)NC2Cc3ccc(Br)cc3NC2=O)c1Cc1ccccc1. The van der Waals surface area contributed by atoms with E-state index in [1.807, 2.05) is 55.6 Å². The Bertz CT molecular complexity index is 1050. The average molecular weight is 439 g/mol. The van der Waals surface area contributed by atoms with Crippen LogP contribution in [0.5, 0.6) is 0 Å². The van der Waals surface area contributed by atoms with Crippen LogP contribution in [0.25, 0.3) is 0 Å². The highest BCUT2D eigenvalue weighted by Gasteiger charge is 2.29. The van der Waals surface area contributed by atoms with Gasteiger partial charge in [-0.2, -0.15) is 5.10 Å². The molecule has 1 aromatic heterocycles. The molecule has 6 nitrogen and oxygen atoms in total. The van der Waals surface area contributed by atoms with E-state index in [2.05, 4.69) is 31.7 Å². The fourth-order valence-corrected chi connectivity index (χ4v) is 3.74. The second kappa shape index (κ2) is 7.59. The van der Waals surface area contributed by atoms with E-state index in [4.69, 9.17) is 0 Å². The van der Waals surface area contributed by atoms with Crippen molar-refractivity contribution in [3.8, 4) is 0 Å². The van der Waals surface area contributed by atoms with Crippen molar-refractivity contribution in [1.29, 1.82) is 0 Å². The van der Waals surface area contributed by atoms with Gasteiger partial charge >= 0.3 is 0 Å². The molecular weight excluding hydrogens is 420 g/mol. The molecule has 1 atom stereocenters. The zero-order valence-corrected chi connectivity index (χ0v) is 16.9. The highest BCUT2D eigenvalue weighted by atomic mass is 79.9. The minimum absolute atomic E-state index is 0.215. The number of benzene rings is 2. The zero-order chi connectivity index (χ0) is 19.7. The molecule has 3 aromatic rings. The summed E-state index contributed by atoms with van der Waals surface area (Å²) >= 11 is 3.40. The van der Waals surface area contributed by atoms with E-state index < -0.39 is 6.04 Å². The monoisotopic (exact) mass is 438 g/mol. The van der Waals surface area contributed by atoms with Crippen LogP contribution in [0.3, 0.4) is 0 Å². The molecule has 2 heterocycles. The molecule has 2 amide bonds. The molecule has 7 heteroatoms. The molecule has 28 heavy (non-hydrogen) atoms. The first kappa shape index (κ1) is 18.4. The van der Waals surface area contributed by atoms with Crippen molar-refractivity contribution < 1.29 is 9.59 Å². The van der Waals surface area contributed by atoms with Gasteiger partial charge in [0, 0.05) is 30.0 Å². The number of hydrogen-bond acceptors (Lipinski definition) is 3. The van der Waals surface area contributed by atoms with Crippen LogP contribution >= 0.6 is 15.9 Å². The summed E-state index contributed by atoms with van der Waals surface area (Å²) in [7, 11) is 1.82. The number of nitrogens with zero attached hydrogens (tertiary/aromatic N) is 2. The Balaban J connectivity index is 1.53. The van der Waals surface area contributed by atoms with Gasteiger partial charge in [-0.25, -0.2) is 0 Å². The first-order chi connectivity index (χ1) is 13.5. The number of halogens is 1. The number of hydrogen-bond donors (Lipinski definition) is 2. The summed E-state index contributed by atoms with van der Waals surface area (Å²) in [6.45, 7) is 0. The van der Waals surface area contributed by atoms with Crippen LogP contribution < -0.4 is 10.6 Å². The molecule has 2 N–H and O–H groups in total. The lowest BCUT2D eigenvalue weighted by Crippen LogP contribution is -2.47. The molecule has 0 aliphatic carbocycles. The summed E-state index contributed by atoms with van der Waals surface area (Å²) in [6, 6.07) is 15.0. The average Bonchev–Trinajstić information content (AvgIpc) is 3.04. The smallest absolute Gasteiger partial charge is 0.255 e. The third-order valence-electron chi connectivity index (χ3n) is 4.90. The van der Waals surface area contributed by atoms with E-state index in [9.17, 15) is 9.59 Å². The topological polar surface area (TPSA) is 76.0 Å². The van der Waals surface area contributed by atoms with Crippen molar-refractivity contribution in [1.82, 2.24) is 15.1 Å². The molecule has 0 saturated carbocycles. The number of fused-ring (bicyclic) bond motifs is 1. The van der Waals surface area contributed by atoms with Gasteiger partial charge < -0.3 is 10.6 Å². The van der Waals surface area contributed by atoms with Crippen molar-refractivity contribution in [2.75, 3.05) is 5.32 Å². The van der Waals surface area contributed by atoms with Gasteiger partial charge in [0.05, 0.1) is 17.5 Å². The minimum Gasteiger partial charge on any atom is -0.340 e. The lowest BCUT2D eigenvalue weighted by molar-refractivity contribution is -0.118. The van der Waals surface area contributed by atoms with Gasteiger partial charge in [-0.15, -0.1) is 0 Å². The molecule has 2 aromatic carbocycles. The highest BCUT2D eigenvalue weighted by Crippen LogP contribution is 2.26. The van der Waals surface area contributed by atoms with Crippen LogP contribution in [0.1, 0.15) is 27.2 Å². The van der Waals surface area contributed by atoms with Crippen molar-refractivity contribution in [3.63, 3.8) is 0 Å². The van der Waals surface area contributed by atoms with Crippen LogP contribution in [0.4, 0.5) is 5.69 Å². The summed E-state index contributed by atoms with van der Waals surface area (Å²) in [5.41, 5.74) is 4.15. The van der Waals surface area contributed by atoms with E-state index in [1.54, 1.807) is 10.9 Å². The van der Waals surface area contributed by atoms with Crippen LogP contribution in [0.15, 0.2) is 59.2 Å². The Morgan fingerprint density at radius 3 is 2.86 bits per heavy atom. The summed E-state index contributed by atoms with van der Waals surface area (Å²) in [4.78, 5) is 25.4. The Labute approximate surface area is 171 Å². The van der Waals surface area contributed by atoms with Gasteiger partial charge in [0.1, 0.15) is 6.04 Å². The lowest BCUT2D eigenvalue weighted by atomic mass is 9.98. The normalized spacial score (nSPS) is 15.6. The van der Waals surface area contributed by atoms with Crippen LogP contribution in [-0.4, -0.2) is 27.6 Å². The first-order valence-corrected chi connectivity index (χ1v) is 9.75. The van der Waals surface area contributed by atoms with Gasteiger partial charge in [0.15, 0.2) is 0 Å². The quantitative estimate of drug-likeness (QED) is 0.656. The molecule has 0 saturated heterocycles. The standard InChI is InChI=1S/C21H19BrN4O2/c1-26-19(9-13-5-3-2-4-6-13)16(12-23-26)20(27)25-18-10-14-7-8-15(22)11-17(14)24-21(18)28/h2-8,11-12,18H,9-10H2,1H3,(H,24,28)(H,25,27). The Morgan fingerprint density at radius 2 is 2.07 bits per heavy atom. The zero-order valence-electron chi connectivity index (χ0n) is 15.3. The third kappa shape index (κ3) is 3.71. The van der Waals surface area contributed by atoms with E-state index in [-0.39, 0.29) is 11.8 Å². The van der Waals surface area contributed by atoms with Crippen LogP contribution in [-0.2, 0) is 24.7 Å². The summed E-state index contributed by atoms with van der Waals surface area (Å²) in [6.07, 6.45) is 2.60. The largest absolute Gasteiger partial charge is 0.340 e. The number of aryl methyl sites for hydroxylation is 1. The summed E-state index contributed by atoms with van der Waals surface area (Å²) in [5, 5.41) is 9.97. The summed E-state index contributed by atoms with van der Waals surface area (Å²) in [5.74, 6) is -0.507. The van der Waals surface area contributed by atoms with Crippen molar-refractivity contribution in [2.45, 2.75) is 18.9 Å². The first-order valence-electron chi connectivity index (χ1n) is 8.96. The molecule has 0 spiro atoms. The van der Waals surface area contributed by atoms with Gasteiger partial charge in [0.25, 0.3) is 5.91 Å². The van der Waals surface area contributed by atoms with Crippen LogP contribution in [0, 0.1) is 0 Å². The van der Waals surface area contributed by atoms with Crippen LogP contribution in [0.2, 0.25) is 0 Å². The number of aromatic nitrogens is 2. The number of amides is 2. The molecule has 1 aliphatic heterocycles. The van der Waals surface area contributed by atoms with Crippen molar-refractivity contribution in [3.05, 3.63) is 81.6 Å². The van der Waals surface area contributed by atoms with Gasteiger partial charge in [0.2, 0.25) is 5.91 Å². The Morgan fingerprint density at radius 1 is 1.29 bits per heavy atom. The third-order valence-corrected chi connectivity index (χ3v) is 5.39. The number of carbonyl (C=O) groups excluding carboxylic acids is 2. The fraction of sp³-hybridized carbons (Fsp3) is 0.190. The number of rotatable bonds is 4. The number of anilines is 1. The number of carbonyl (C=O) groups is 2. The summed E-state index contributed by atoms with van der Waals surface area (Å²) < 4.78 is 2.60. The van der Waals surface area contributed by atoms with E-state index >= 15 is 0 Å². The maximum absolute atomic E-state index is 12.9. The number of nitrogens with one attached hydrogen (secondary N) is 2. The molecule has 4 rings (SSSR count). The molecular formula is C21H19BrN4O2. The fourth-order valence-electron chi connectivity index (χ4n) is 3.38. The predicted octanol–water partition coefficient (Wildman–Crippen LogP) is 3.07. The van der Waals surface area contributed by atoms with E-state index in [1.165, 1.54) is 0 Å². The second-order valence-electron chi connectivity index (χ2n) is 6.81. The van der Waals surface area contributed by atoms with Gasteiger partial charge in [-0.3, -0.25) is 14.3 Å². The maximum atomic E-state index is 12.9. The predicted molar refractivity (Wildman–Crippen MR) is 110 cm³/mol. The molecule has 1 unspecified atom stereocenters. The Kier molecular flexibility index (Phi) is 5.00. The Hall–Kier alpha value is -2.93. The van der Waals surface area contributed by atoms with Gasteiger partial charge in [-0.1, -0.05) is 52.3 Å². The van der Waals surface area contributed by atoms with Crippen molar-refractivity contribution >= 4 is 33.4 Å².